The van der Waals surface area contributed by atoms with Gasteiger partial charge in [-0.25, -0.2) is 0 Å². The fraction of sp³-hybridized carbons (Fsp3) is 0.286. The van der Waals surface area contributed by atoms with E-state index in [1.54, 1.807) is 4.68 Å². The van der Waals surface area contributed by atoms with Crippen molar-refractivity contribution in [1.82, 2.24) is 9.78 Å². The number of rotatable bonds is 5. The van der Waals surface area contributed by atoms with Crippen molar-refractivity contribution >= 4 is 28.8 Å². The van der Waals surface area contributed by atoms with E-state index in [9.17, 15) is 0 Å². The number of ether oxygens (including phenoxy) is 1. The first kappa shape index (κ1) is 14.8. The average molecular weight is 310 g/mol. The van der Waals surface area contributed by atoms with E-state index >= 15 is 0 Å². The van der Waals surface area contributed by atoms with Crippen LogP contribution >= 0.6 is 23.8 Å². The Bertz CT molecular complexity index is 622. The Hall–Kier alpha value is -1.59. The molecule has 0 aliphatic carbocycles. The fourth-order valence-corrected chi connectivity index (χ4v) is 2.29. The lowest BCUT2D eigenvalue weighted by molar-refractivity contribution is 0.305. The molecule has 0 saturated carbocycles. The Kier molecular flexibility index (Phi) is 4.62. The number of halogens is 1. The van der Waals surface area contributed by atoms with Gasteiger partial charge in [-0.15, -0.1) is 0 Å². The Balaban J connectivity index is 2.02. The minimum atomic E-state index is 0.396. The largest absolute Gasteiger partial charge is 0.489 e. The van der Waals surface area contributed by atoms with E-state index < -0.39 is 0 Å². The highest BCUT2D eigenvalue weighted by molar-refractivity contribution is 7.80. The fourth-order valence-electron chi connectivity index (χ4n) is 1.90. The third-order valence-corrected chi connectivity index (χ3v) is 3.57. The van der Waals surface area contributed by atoms with Crippen LogP contribution in [0.25, 0.3) is 0 Å². The van der Waals surface area contributed by atoms with Gasteiger partial charge >= 0.3 is 0 Å². The van der Waals surface area contributed by atoms with Gasteiger partial charge in [-0.1, -0.05) is 36.0 Å². The summed E-state index contributed by atoms with van der Waals surface area (Å²) in [5, 5.41) is 4.85. The summed E-state index contributed by atoms with van der Waals surface area (Å²) in [5.41, 5.74) is 8.36. The number of hydrogen-bond donors (Lipinski definition) is 1. The molecule has 0 unspecified atom stereocenters. The molecule has 0 aliphatic rings. The van der Waals surface area contributed by atoms with Crippen LogP contribution in [0.3, 0.4) is 0 Å². The third kappa shape index (κ3) is 3.49. The zero-order valence-corrected chi connectivity index (χ0v) is 13.0. The Labute approximate surface area is 128 Å². The minimum absolute atomic E-state index is 0.396. The standard InChI is InChI=1S/C14H16ClN3OS/c1-9-12(14(15)18(2)17-9)8-19-11-5-3-10(4-6-11)7-13(16)20/h3-6H,7-8H2,1-2H3,(H2,16,20). The molecule has 0 bridgehead atoms. The van der Waals surface area contributed by atoms with Gasteiger partial charge in [0, 0.05) is 19.0 Å². The van der Waals surface area contributed by atoms with Gasteiger partial charge in [0.15, 0.2) is 0 Å². The van der Waals surface area contributed by atoms with Gasteiger partial charge in [-0.05, 0) is 24.6 Å². The van der Waals surface area contributed by atoms with E-state index in [1.165, 1.54) is 0 Å². The van der Waals surface area contributed by atoms with Crippen molar-refractivity contribution in [2.24, 2.45) is 12.8 Å². The molecule has 0 aliphatic heterocycles. The number of benzene rings is 1. The van der Waals surface area contributed by atoms with Gasteiger partial charge in [0.25, 0.3) is 0 Å². The second-order valence-electron chi connectivity index (χ2n) is 4.55. The highest BCUT2D eigenvalue weighted by Gasteiger charge is 2.11. The topological polar surface area (TPSA) is 53.1 Å². The molecule has 6 heteroatoms. The van der Waals surface area contributed by atoms with Crippen LogP contribution in [-0.2, 0) is 20.1 Å². The maximum atomic E-state index is 6.16. The summed E-state index contributed by atoms with van der Waals surface area (Å²) in [6, 6.07) is 7.69. The zero-order valence-electron chi connectivity index (χ0n) is 11.4. The van der Waals surface area contributed by atoms with Crippen molar-refractivity contribution in [3.05, 3.63) is 46.2 Å². The van der Waals surface area contributed by atoms with Gasteiger partial charge in [0.2, 0.25) is 0 Å². The summed E-state index contributed by atoms with van der Waals surface area (Å²) in [7, 11) is 1.81. The van der Waals surface area contributed by atoms with E-state index in [4.69, 9.17) is 34.3 Å². The van der Waals surface area contributed by atoms with Gasteiger partial charge in [0.05, 0.1) is 10.7 Å². The normalized spacial score (nSPS) is 10.6. The van der Waals surface area contributed by atoms with Crippen LogP contribution in [0.1, 0.15) is 16.8 Å². The first-order valence-electron chi connectivity index (χ1n) is 6.15. The highest BCUT2D eigenvalue weighted by Crippen LogP contribution is 2.21. The summed E-state index contributed by atoms with van der Waals surface area (Å²) in [6.07, 6.45) is 0.600. The molecule has 0 radical (unpaired) electrons. The first-order valence-corrected chi connectivity index (χ1v) is 6.94. The lowest BCUT2D eigenvalue weighted by Crippen LogP contribution is -2.10. The minimum Gasteiger partial charge on any atom is -0.489 e. The number of hydrogen-bond acceptors (Lipinski definition) is 3. The van der Waals surface area contributed by atoms with Crippen molar-refractivity contribution in [3.8, 4) is 5.75 Å². The maximum Gasteiger partial charge on any atom is 0.133 e. The van der Waals surface area contributed by atoms with Crippen LogP contribution in [0.4, 0.5) is 0 Å². The number of nitrogens with zero attached hydrogens (tertiary/aromatic N) is 2. The summed E-state index contributed by atoms with van der Waals surface area (Å²) in [4.78, 5) is 0.483. The van der Waals surface area contributed by atoms with Crippen LogP contribution < -0.4 is 10.5 Å². The lowest BCUT2D eigenvalue weighted by Gasteiger charge is -2.07. The molecule has 1 aromatic carbocycles. The van der Waals surface area contributed by atoms with E-state index in [2.05, 4.69) is 5.10 Å². The predicted molar refractivity (Wildman–Crippen MR) is 84.2 cm³/mol. The Morgan fingerprint density at radius 1 is 1.40 bits per heavy atom. The number of aromatic nitrogens is 2. The maximum absolute atomic E-state index is 6.16. The van der Waals surface area contributed by atoms with Crippen molar-refractivity contribution in [2.45, 2.75) is 20.0 Å². The molecular formula is C14H16ClN3OS. The van der Waals surface area contributed by atoms with Crippen LogP contribution in [-0.4, -0.2) is 14.8 Å². The van der Waals surface area contributed by atoms with Crippen molar-refractivity contribution in [2.75, 3.05) is 0 Å². The molecule has 0 amide bonds. The molecule has 0 fully saturated rings. The van der Waals surface area contributed by atoms with Gasteiger partial charge < -0.3 is 10.5 Å². The molecule has 2 aromatic rings. The average Bonchev–Trinajstić information content (AvgIpc) is 2.62. The second-order valence-corrected chi connectivity index (χ2v) is 5.44. The molecule has 4 nitrogen and oxygen atoms in total. The highest BCUT2D eigenvalue weighted by atomic mass is 35.5. The molecule has 1 heterocycles. The van der Waals surface area contributed by atoms with E-state index in [0.29, 0.717) is 23.2 Å². The van der Waals surface area contributed by atoms with Crippen molar-refractivity contribution in [1.29, 1.82) is 0 Å². The van der Waals surface area contributed by atoms with E-state index in [1.807, 2.05) is 38.2 Å². The lowest BCUT2D eigenvalue weighted by atomic mass is 10.1. The number of thiocarbonyl (C=S) groups is 1. The Morgan fingerprint density at radius 3 is 2.55 bits per heavy atom. The molecule has 0 saturated heterocycles. The monoisotopic (exact) mass is 309 g/mol. The molecule has 2 rings (SSSR count). The van der Waals surface area contributed by atoms with E-state index in [-0.39, 0.29) is 0 Å². The van der Waals surface area contributed by atoms with Crippen LogP contribution in [0.5, 0.6) is 5.75 Å². The van der Waals surface area contributed by atoms with Gasteiger partial charge in [-0.3, -0.25) is 4.68 Å². The summed E-state index contributed by atoms with van der Waals surface area (Å²) >= 11 is 11.0. The van der Waals surface area contributed by atoms with Gasteiger partial charge in [0.1, 0.15) is 17.5 Å². The second kappa shape index (κ2) is 6.24. The smallest absolute Gasteiger partial charge is 0.133 e. The Morgan fingerprint density at radius 2 is 2.05 bits per heavy atom. The van der Waals surface area contributed by atoms with Crippen LogP contribution in [0.15, 0.2) is 24.3 Å². The molecule has 1 aromatic heterocycles. The van der Waals surface area contributed by atoms with Crippen molar-refractivity contribution in [3.63, 3.8) is 0 Å². The molecular weight excluding hydrogens is 294 g/mol. The van der Waals surface area contributed by atoms with Gasteiger partial charge in [-0.2, -0.15) is 5.10 Å². The first-order chi connectivity index (χ1) is 9.47. The molecule has 20 heavy (non-hydrogen) atoms. The zero-order chi connectivity index (χ0) is 14.7. The molecule has 106 valence electrons. The summed E-state index contributed by atoms with van der Waals surface area (Å²) in [6.45, 7) is 2.31. The SMILES string of the molecule is Cc1nn(C)c(Cl)c1COc1ccc(CC(N)=S)cc1. The van der Waals surface area contributed by atoms with Crippen LogP contribution in [0.2, 0.25) is 5.15 Å². The van der Waals surface area contributed by atoms with Crippen LogP contribution in [0, 0.1) is 6.92 Å². The van der Waals surface area contributed by atoms with Crippen molar-refractivity contribution < 1.29 is 4.74 Å². The van der Waals surface area contributed by atoms with E-state index in [0.717, 1.165) is 22.6 Å². The number of nitrogens with two attached hydrogens (primary N) is 1. The molecule has 0 spiro atoms. The summed E-state index contributed by atoms with van der Waals surface area (Å²) < 4.78 is 7.36. The predicted octanol–water partition coefficient (Wildman–Crippen LogP) is 2.79. The quantitative estimate of drug-likeness (QED) is 0.863. The molecule has 0 atom stereocenters. The summed E-state index contributed by atoms with van der Waals surface area (Å²) in [5.74, 6) is 0.774. The number of aryl methyl sites for hydroxylation is 2. The third-order valence-electron chi connectivity index (χ3n) is 2.95. The molecule has 2 N–H and O–H groups in total.